The quantitative estimate of drug-likeness (QED) is 0.548. The Balaban J connectivity index is 1.82. The molecule has 1 aliphatic rings. The summed E-state index contributed by atoms with van der Waals surface area (Å²) in [5.74, 6) is 0.201. The number of amides is 2. The number of primary amides is 1. The van der Waals surface area contributed by atoms with Crippen LogP contribution in [0.25, 0.3) is 21.9 Å². The molecule has 0 saturated carbocycles. The van der Waals surface area contributed by atoms with Crippen LogP contribution in [0.3, 0.4) is 0 Å². The van der Waals surface area contributed by atoms with Crippen molar-refractivity contribution >= 4 is 22.6 Å². The van der Waals surface area contributed by atoms with Crippen LogP contribution in [0.5, 0.6) is 11.6 Å². The average Bonchev–Trinajstić information content (AvgIpc) is 3.36. The van der Waals surface area contributed by atoms with Crippen LogP contribution < -0.4 is 20.5 Å². The lowest BCUT2D eigenvalue weighted by Gasteiger charge is -2.17. The van der Waals surface area contributed by atoms with E-state index in [1.165, 1.54) is 0 Å². The highest BCUT2D eigenvalue weighted by molar-refractivity contribution is 6.06. The lowest BCUT2D eigenvalue weighted by atomic mass is 9.99. The summed E-state index contributed by atoms with van der Waals surface area (Å²) >= 11 is 0. The predicted molar refractivity (Wildman–Crippen MR) is 110 cm³/mol. The van der Waals surface area contributed by atoms with Crippen molar-refractivity contribution in [2.45, 2.75) is 38.8 Å². The number of nitrogens with zero attached hydrogens (tertiary/aromatic N) is 2. The third kappa shape index (κ3) is 3.91. The van der Waals surface area contributed by atoms with Crippen LogP contribution in [0.2, 0.25) is 0 Å². The first kappa shape index (κ1) is 19.7. The van der Waals surface area contributed by atoms with Crippen LogP contribution in [-0.4, -0.2) is 45.7 Å². The highest BCUT2D eigenvalue weighted by Gasteiger charge is 2.23. The molecule has 0 spiro atoms. The molecule has 1 aromatic carbocycles. The van der Waals surface area contributed by atoms with E-state index in [4.69, 9.17) is 15.2 Å². The lowest BCUT2D eigenvalue weighted by Crippen LogP contribution is -2.31. The Hall–Kier alpha value is -3.62. The Morgan fingerprint density at radius 1 is 1.30 bits per heavy atom. The number of hydrogen-bond acceptors (Lipinski definition) is 6. The number of aromatic nitrogens is 3. The van der Waals surface area contributed by atoms with E-state index in [1.807, 2.05) is 13.8 Å². The van der Waals surface area contributed by atoms with Crippen molar-refractivity contribution in [1.82, 2.24) is 20.5 Å². The largest absolute Gasteiger partial charge is 0.490 e. The number of pyridine rings is 1. The van der Waals surface area contributed by atoms with Crippen LogP contribution in [0.15, 0.2) is 30.7 Å². The van der Waals surface area contributed by atoms with Crippen LogP contribution in [0.1, 0.15) is 37.0 Å². The van der Waals surface area contributed by atoms with E-state index in [0.29, 0.717) is 30.0 Å². The van der Waals surface area contributed by atoms with E-state index >= 15 is 0 Å². The molecule has 1 saturated heterocycles. The molecule has 3 aromatic rings. The fraction of sp³-hybridized carbons (Fsp3) is 0.333. The number of carbonyl (C=O) groups is 2. The van der Waals surface area contributed by atoms with E-state index in [-0.39, 0.29) is 23.6 Å². The van der Waals surface area contributed by atoms with Gasteiger partial charge in [0.2, 0.25) is 11.8 Å². The Morgan fingerprint density at radius 2 is 2.13 bits per heavy atom. The zero-order valence-electron chi connectivity index (χ0n) is 16.8. The van der Waals surface area contributed by atoms with Gasteiger partial charge in [-0.2, -0.15) is 5.10 Å². The molecule has 2 amide bonds. The van der Waals surface area contributed by atoms with Crippen molar-refractivity contribution in [3.63, 3.8) is 0 Å². The average molecular weight is 409 g/mol. The maximum absolute atomic E-state index is 12.1. The number of nitrogens with one attached hydrogen (secondary N) is 2. The molecule has 0 bridgehead atoms. The van der Waals surface area contributed by atoms with Gasteiger partial charge in [-0.3, -0.25) is 14.7 Å². The summed E-state index contributed by atoms with van der Waals surface area (Å²) in [6.45, 7) is 4.04. The number of H-pyrrole nitrogens is 1. The van der Waals surface area contributed by atoms with Gasteiger partial charge in [0.15, 0.2) is 0 Å². The maximum Gasteiger partial charge on any atom is 0.252 e. The van der Waals surface area contributed by atoms with Crippen molar-refractivity contribution in [3.05, 3.63) is 36.3 Å². The molecule has 0 aliphatic carbocycles. The Labute approximate surface area is 173 Å². The van der Waals surface area contributed by atoms with Crippen LogP contribution in [-0.2, 0) is 4.79 Å². The van der Waals surface area contributed by atoms with Crippen molar-refractivity contribution in [2.24, 2.45) is 5.73 Å². The molecule has 0 radical (unpaired) electrons. The molecule has 30 heavy (non-hydrogen) atoms. The Bertz CT molecular complexity index is 1090. The number of hydrogen-bond donors (Lipinski definition) is 3. The number of ether oxygens (including phenoxy) is 2. The SMILES string of the molecule is CC(C)Oc1cc2c(OCC3CCC(=O)N3)ncc(-c3cn[nH]c3)c2cc1C(N)=O. The van der Waals surface area contributed by atoms with Gasteiger partial charge >= 0.3 is 0 Å². The minimum Gasteiger partial charge on any atom is -0.490 e. The fourth-order valence-corrected chi connectivity index (χ4v) is 3.51. The van der Waals surface area contributed by atoms with Crippen LogP contribution >= 0.6 is 0 Å². The molecule has 4 rings (SSSR count). The summed E-state index contributed by atoms with van der Waals surface area (Å²) in [5, 5.41) is 11.1. The number of benzene rings is 1. The van der Waals surface area contributed by atoms with Gasteiger partial charge in [0.25, 0.3) is 5.91 Å². The second-order valence-electron chi connectivity index (χ2n) is 7.50. The minimum absolute atomic E-state index is 0.0236. The number of carbonyl (C=O) groups excluding carboxylic acids is 2. The molecule has 2 aromatic heterocycles. The number of rotatable bonds is 7. The number of aromatic amines is 1. The monoisotopic (exact) mass is 409 g/mol. The fourth-order valence-electron chi connectivity index (χ4n) is 3.51. The van der Waals surface area contributed by atoms with E-state index in [2.05, 4.69) is 20.5 Å². The second kappa shape index (κ2) is 8.02. The zero-order chi connectivity index (χ0) is 21.3. The van der Waals surface area contributed by atoms with Crippen molar-refractivity contribution in [2.75, 3.05) is 6.61 Å². The van der Waals surface area contributed by atoms with Crippen LogP contribution in [0.4, 0.5) is 0 Å². The molecule has 156 valence electrons. The van der Waals surface area contributed by atoms with Crippen molar-refractivity contribution < 1.29 is 19.1 Å². The Morgan fingerprint density at radius 3 is 2.77 bits per heavy atom. The molecule has 3 heterocycles. The summed E-state index contributed by atoms with van der Waals surface area (Å²) in [6.07, 6.45) is 6.15. The second-order valence-corrected chi connectivity index (χ2v) is 7.50. The summed E-state index contributed by atoms with van der Waals surface area (Å²) in [7, 11) is 0. The molecule has 1 aliphatic heterocycles. The zero-order valence-corrected chi connectivity index (χ0v) is 16.8. The van der Waals surface area contributed by atoms with Gasteiger partial charge in [0.05, 0.1) is 23.9 Å². The predicted octanol–water partition coefficient (Wildman–Crippen LogP) is 2.17. The van der Waals surface area contributed by atoms with Gasteiger partial charge in [0, 0.05) is 35.3 Å². The van der Waals surface area contributed by atoms with Crippen LogP contribution in [0, 0.1) is 0 Å². The molecule has 1 atom stereocenters. The van der Waals surface area contributed by atoms with Crippen molar-refractivity contribution in [1.29, 1.82) is 0 Å². The van der Waals surface area contributed by atoms with E-state index in [1.54, 1.807) is 30.7 Å². The summed E-state index contributed by atoms with van der Waals surface area (Å²) in [4.78, 5) is 28.0. The first-order chi connectivity index (χ1) is 14.4. The molecule has 1 unspecified atom stereocenters. The van der Waals surface area contributed by atoms with E-state index in [9.17, 15) is 9.59 Å². The molecule has 9 heteroatoms. The first-order valence-corrected chi connectivity index (χ1v) is 9.77. The van der Waals surface area contributed by atoms with Gasteiger partial charge in [-0.15, -0.1) is 0 Å². The summed E-state index contributed by atoms with van der Waals surface area (Å²) < 4.78 is 11.8. The molecule has 9 nitrogen and oxygen atoms in total. The van der Waals surface area contributed by atoms with E-state index in [0.717, 1.165) is 22.9 Å². The smallest absolute Gasteiger partial charge is 0.252 e. The van der Waals surface area contributed by atoms with Gasteiger partial charge in [-0.1, -0.05) is 0 Å². The normalized spacial score (nSPS) is 16.1. The van der Waals surface area contributed by atoms with Gasteiger partial charge in [-0.25, -0.2) is 4.98 Å². The highest BCUT2D eigenvalue weighted by atomic mass is 16.5. The standard InChI is InChI=1S/C21H23N5O4/c1-11(2)30-18-6-15-14(5-16(18)20(22)28)17(12-7-24-25-8-12)9-23-21(15)29-10-13-3-4-19(27)26-13/h5-9,11,13H,3-4,10H2,1-2H3,(H2,22,28)(H,24,25)(H,26,27). The van der Waals surface area contributed by atoms with Crippen molar-refractivity contribution in [3.8, 4) is 22.8 Å². The first-order valence-electron chi connectivity index (χ1n) is 9.77. The van der Waals surface area contributed by atoms with Gasteiger partial charge in [0.1, 0.15) is 12.4 Å². The third-order valence-electron chi connectivity index (χ3n) is 4.89. The third-order valence-corrected chi connectivity index (χ3v) is 4.89. The van der Waals surface area contributed by atoms with E-state index < -0.39 is 5.91 Å². The Kier molecular flexibility index (Phi) is 5.26. The highest BCUT2D eigenvalue weighted by Crippen LogP contribution is 2.37. The number of fused-ring (bicyclic) bond motifs is 1. The molecule has 1 fully saturated rings. The molecule has 4 N–H and O–H groups in total. The van der Waals surface area contributed by atoms with Gasteiger partial charge < -0.3 is 20.5 Å². The lowest BCUT2D eigenvalue weighted by molar-refractivity contribution is -0.119. The number of nitrogens with two attached hydrogens (primary N) is 1. The maximum atomic E-state index is 12.1. The summed E-state index contributed by atoms with van der Waals surface area (Å²) in [6, 6.07) is 3.37. The minimum atomic E-state index is -0.585. The molecular weight excluding hydrogens is 386 g/mol. The molecular formula is C21H23N5O4. The summed E-state index contributed by atoms with van der Waals surface area (Å²) in [5.41, 5.74) is 7.49. The van der Waals surface area contributed by atoms with Gasteiger partial charge in [-0.05, 0) is 37.8 Å². The topological polar surface area (TPSA) is 132 Å².